The maximum Gasteiger partial charge on any atom is 0.305 e. The van der Waals surface area contributed by atoms with Gasteiger partial charge in [0.2, 0.25) is 5.91 Å². The van der Waals surface area contributed by atoms with E-state index in [0.29, 0.717) is 19.4 Å². The van der Waals surface area contributed by atoms with E-state index >= 15 is 0 Å². The summed E-state index contributed by atoms with van der Waals surface area (Å²) in [5, 5.41) is 6.09. The standard InChI is InChI=1S/C12H22N2O3/c1-17-11(15)7-5-9-14-12(16)10-6-3-2-4-8-13-10/h10,13H,2-9H2,1H3,(H,14,16). The number of esters is 1. The minimum absolute atomic E-state index is 0.0526. The van der Waals surface area contributed by atoms with Crippen molar-refractivity contribution in [3.63, 3.8) is 0 Å². The highest BCUT2D eigenvalue weighted by Crippen LogP contribution is 2.08. The minimum Gasteiger partial charge on any atom is -0.469 e. The zero-order chi connectivity index (χ0) is 12.5. The highest BCUT2D eigenvalue weighted by molar-refractivity contribution is 5.81. The molecule has 1 rings (SSSR count). The van der Waals surface area contributed by atoms with Crippen molar-refractivity contribution in [2.75, 3.05) is 20.2 Å². The van der Waals surface area contributed by atoms with Gasteiger partial charge in [0.25, 0.3) is 0 Å². The van der Waals surface area contributed by atoms with Crippen LogP contribution in [0.4, 0.5) is 0 Å². The van der Waals surface area contributed by atoms with Crippen molar-refractivity contribution < 1.29 is 14.3 Å². The quantitative estimate of drug-likeness (QED) is 0.547. The molecule has 1 fully saturated rings. The van der Waals surface area contributed by atoms with Gasteiger partial charge in [0.1, 0.15) is 0 Å². The first kappa shape index (κ1) is 14.0. The Kier molecular flexibility index (Phi) is 6.62. The van der Waals surface area contributed by atoms with Crippen molar-refractivity contribution >= 4 is 11.9 Å². The number of nitrogens with one attached hydrogen (secondary N) is 2. The van der Waals surface area contributed by atoms with Gasteiger partial charge < -0.3 is 15.4 Å². The normalized spacial score (nSPS) is 20.4. The van der Waals surface area contributed by atoms with Gasteiger partial charge in [-0.05, 0) is 25.8 Å². The predicted octanol–water partition coefficient (Wildman–Crippen LogP) is 0.588. The molecule has 1 aliphatic heterocycles. The summed E-state index contributed by atoms with van der Waals surface area (Å²) < 4.78 is 4.53. The molecule has 1 atom stereocenters. The Morgan fingerprint density at radius 2 is 2.18 bits per heavy atom. The zero-order valence-electron chi connectivity index (χ0n) is 10.5. The van der Waals surface area contributed by atoms with Crippen molar-refractivity contribution in [3.05, 3.63) is 0 Å². The van der Waals surface area contributed by atoms with Crippen LogP contribution in [0.1, 0.15) is 38.5 Å². The Morgan fingerprint density at radius 1 is 1.35 bits per heavy atom. The molecule has 0 aromatic rings. The summed E-state index contributed by atoms with van der Waals surface area (Å²) in [6.45, 7) is 1.45. The average Bonchev–Trinajstić information content (AvgIpc) is 2.62. The third-order valence-corrected chi connectivity index (χ3v) is 2.96. The van der Waals surface area contributed by atoms with E-state index in [9.17, 15) is 9.59 Å². The molecule has 5 heteroatoms. The number of carbonyl (C=O) groups is 2. The van der Waals surface area contributed by atoms with E-state index < -0.39 is 0 Å². The molecular weight excluding hydrogens is 220 g/mol. The van der Waals surface area contributed by atoms with E-state index in [1.807, 2.05) is 0 Å². The molecule has 0 radical (unpaired) electrons. The number of rotatable bonds is 5. The van der Waals surface area contributed by atoms with Crippen molar-refractivity contribution in [2.45, 2.75) is 44.6 Å². The van der Waals surface area contributed by atoms with Crippen molar-refractivity contribution in [2.24, 2.45) is 0 Å². The molecule has 98 valence electrons. The number of ether oxygens (including phenoxy) is 1. The molecule has 17 heavy (non-hydrogen) atoms. The summed E-state index contributed by atoms with van der Waals surface area (Å²) in [5.74, 6) is -0.177. The summed E-state index contributed by atoms with van der Waals surface area (Å²) in [6, 6.07) is -0.0596. The molecule has 1 aliphatic rings. The molecule has 2 N–H and O–H groups in total. The maximum atomic E-state index is 11.8. The van der Waals surface area contributed by atoms with Crippen molar-refractivity contribution in [3.8, 4) is 0 Å². The van der Waals surface area contributed by atoms with Crippen LogP contribution in [0.3, 0.4) is 0 Å². The van der Waals surface area contributed by atoms with Crippen LogP contribution < -0.4 is 10.6 Å². The molecule has 1 heterocycles. The molecule has 0 aliphatic carbocycles. The Bertz CT molecular complexity index is 248. The Labute approximate surface area is 102 Å². The van der Waals surface area contributed by atoms with E-state index in [0.717, 1.165) is 25.8 Å². The first-order valence-corrected chi connectivity index (χ1v) is 6.32. The SMILES string of the molecule is COC(=O)CCCNC(=O)C1CCCCCN1. The summed E-state index contributed by atoms with van der Waals surface area (Å²) in [7, 11) is 1.37. The Balaban J connectivity index is 2.13. The molecular formula is C12H22N2O3. The van der Waals surface area contributed by atoms with Crippen LogP contribution >= 0.6 is 0 Å². The molecule has 0 aromatic carbocycles. The number of amides is 1. The van der Waals surface area contributed by atoms with Gasteiger partial charge in [-0.2, -0.15) is 0 Å². The van der Waals surface area contributed by atoms with Crippen LogP contribution in [-0.4, -0.2) is 38.1 Å². The van der Waals surface area contributed by atoms with Gasteiger partial charge in [-0.25, -0.2) is 0 Å². The van der Waals surface area contributed by atoms with Crippen LogP contribution in [0.15, 0.2) is 0 Å². The van der Waals surface area contributed by atoms with Crippen LogP contribution in [0.2, 0.25) is 0 Å². The maximum absolute atomic E-state index is 11.8. The van der Waals surface area contributed by atoms with E-state index in [-0.39, 0.29) is 17.9 Å². The lowest BCUT2D eigenvalue weighted by Crippen LogP contribution is -2.44. The largest absolute Gasteiger partial charge is 0.469 e. The molecule has 0 aromatic heterocycles. The molecule has 1 saturated heterocycles. The van der Waals surface area contributed by atoms with Gasteiger partial charge in [0.05, 0.1) is 13.2 Å². The van der Waals surface area contributed by atoms with Gasteiger partial charge in [-0.1, -0.05) is 12.8 Å². The van der Waals surface area contributed by atoms with Gasteiger partial charge in [-0.15, -0.1) is 0 Å². The number of methoxy groups -OCH3 is 1. The number of hydrogen-bond donors (Lipinski definition) is 2. The number of carbonyl (C=O) groups excluding carboxylic acids is 2. The monoisotopic (exact) mass is 242 g/mol. The number of hydrogen-bond acceptors (Lipinski definition) is 4. The topological polar surface area (TPSA) is 67.4 Å². The Hall–Kier alpha value is -1.10. The van der Waals surface area contributed by atoms with Crippen LogP contribution in [0.5, 0.6) is 0 Å². The second-order valence-electron chi connectivity index (χ2n) is 4.33. The fourth-order valence-corrected chi connectivity index (χ4v) is 1.92. The van der Waals surface area contributed by atoms with Gasteiger partial charge in [0.15, 0.2) is 0 Å². The third-order valence-electron chi connectivity index (χ3n) is 2.96. The second-order valence-corrected chi connectivity index (χ2v) is 4.33. The summed E-state index contributed by atoms with van der Waals surface area (Å²) in [4.78, 5) is 22.6. The van der Waals surface area contributed by atoms with E-state index in [1.165, 1.54) is 13.5 Å². The fraction of sp³-hybridized carbons (Fsp3) is 0.833. The molecule has 0 bridgehead atoms. The summed E-state index contributed by atoms with van der Waals surface area (Å²) >= 11 is 0. The lowest BCUT2D eigenvalue weighted by atomic mass is 10.1. The third kappa shape index (κ3) is 5.68. The van der Waals surface area contributed by atoms with Crippen LogP contribution in [0, 0.1) is 0 Å². The van der Waals surface area contributed by atoms with Gasteiger partial charge >= 0.3 is 5.97 Å². The molecule has 5 nitrogen and oxygen atoms in total. The van der Waals surface area contributed by atoms with Gasteiger partial charge in [0, 0.05) is 13.0 Å². The zero-order valence-corrected chi connectivity index (χ0v) is 10.5. The van der Waals surface area contributed by atoms with Gasteiger partial charge in [-0.3, -0.25) is 9.59 Å². The first-order chi connectivity index (χ1) is 8.24. The lowest BCUT2D eigenvalue weighted by molar-refractivity contribution is -0.140. The average molecular weight is 242 g/mol. The summed E-state index contributed by atoms with van der Waals surface area (Å²) in [6.07, 6.45) is 5.33. The van der Waals surface area contributed by atoms with E-state index in [4.69, 9.17) is 0 Å². The molecule has 1 amide bonds. The molecule has 0 saturated carbocycles. The highest BCUT2D eigenvalue weighted by atomic mass is 16.5. The fourth-order valence-electron chi connectivity index (χ4n) is 1.92. The minimum atomic E-state index is -0.230. The first-order valence-electron chi connectivity index (χ1n) is 6.32. The van der Waals surface area contributed by atoms with Crippen molar-refractivity contribution in [1.82, 2.24) is 10.6 Å². The highest BCUT2D eigenvalue weighted by Gasteiger charge is 2.18. The predicted molar refractivity (Wildman–Crippen MR) is 64.5 cm³/mol. The Morgan fingerprint density at radius 3 is 2.94 bits per heavy atom. The van der Waals surface area contributed by atoms with Crippen molar-refractivity contribution in [1.29, 1.82) is 0 Å². The second kappa shape index (κ2) is 8.06. The molecule has 1 unspecified atom stereocenters. The summed E-state index contributed by atoms with van der Waals surface area (Å²) in [5.41, 5.74) is 0. The van der Waals surface area contributed by atoms with Crippen LogP contribution in [-0.2, 0) is 14.3 Å². The van der Waals surface area contributed by atoms with E-state index in [1.54, 1.807) is 0 Å². The smallest absolute Gasteiger partial charge is 0.305 e. The molecule has 0 spiro atoms. The lowest BCUT2D eigenvalue weighted by Gasteiger charge is -2.15. The van der Waals surface area contributed by atoms with E-state index in [2.05, 4.69) is 15.4 Å². The van der Waals surface area contributed by atoms with Crippen LogP contribution in [0.25, 0.3) is 0 Å².